The summed E-state index contributed by atoms with van der Waals surface area (Å²) in [6.07, 6.45) is 0.408. The number of carbonyl (C=O) groups excluding carboxylic acids is 2. The van der Waals surface area contributed by atoms with Crippen LogP contribution in [0, 0.1) is 6.92 Å². The van der Waals surface area contributed by atoms with Crippen molar-refractivity contribution in [1.82, 2.24) is 9.78 Å². The van der Waals surface area contributed by atoms with Crippen LogP contribution < -0.4 is 10.3 Å². The first-order valence-electron chi connectivity index (χ1n) is 8.73. The zero-order valence-corrected chi connectivity index (χ0v) is 15.3. The van der Waals surface area contributed by atoms with E-state index in [2.05, 4.69) is 5.10 Å². The molecule has 0 N–H and O–H groups in total. The van der Waals surface area contributed by atoms with E-state index in [1.54, 1.807) is 30.3 Å². The molecule has 0 amide bonds. The summed E-state index contributed by atoms with van der Waals surface area (Å²) in [5.74, 6) is -0.375. The molecule has 1 aliphatic rings. The number of fused-ring (bicyclic) bond motifs is 2. The molecule has 2 aromatic carbocycles. The Labute approximate surface area is 155 Å². The van der Waals surface area contributed by atoms with Crippen molar-refractivity contribution in [2.24, 2.45) is 7.05 Å². The second-order valence-corrected chi connectivity index (χ2v) is 6.91. The van der Waals surface area contributed by atoms with Crippen molar-refractivity contribution in [3.63, 3.8) is 0 Å². The van der Waals surface area contributed by atoms with Crippen LogP contribution in [-0.2, 0) is 7.05 Å². The fraction of sp³-hybridized carbons (Fsp3) is 0.238. The van der Waals surface area contributed by atoms with Gasteiger partial charge in [0.1, 0.15) is 5.75 Å². The minimum atomic E-state index is -0.694. The average molecular weight is 362 g/mol. The van der Waals surface area contributed by atoms with Gasteiger partial charge >= 0.3 is 5.97 Å². The molecule has 0 spiro atoms. The Kier molecular flexibility index (Phi) is 3.91. The lowest BCUT2D eigenvalue weighted by atomic mass is 9.97. The Morgan fingerprint density at radius 3 is 2.59 bits per heavy atom. The van der Waals surface area contributed by atoms with Crippen molar-refractivity contribution in [2.75, 3.05) is 0 Å². The van der Waals surface area contributed by atoms with Crippen molar-refractivity contribution in [2.45, 2.75) is 26.2 Å². The fourth-order valence-electron chi connectivity index (χ4n) is 3.79. The third kappa shape index (κ3) is 2.65. The lowest BCUT2D eigenvalue weighted by molar-refractivity contribution is 0.0726. The number of rotatable bonds is 2. The number of hydrogen-bond donors (Lipinski definition) is 0. The van der Waals surface area contributed by atoms with Gasteiger partial charge in [-0.05, 0) is 36.1 Å². The van der Waals surface area contributed by atoms with Gasteiger partial charge in [0, 0.05) is 18.9 Å². The Bertz CT molecular complexity index is 1180. The number of ether oxygens (including phenoxy) is 1. The molecule has 6 heteroatoms. The Balaban J connectivity index is 1.82. The summed E-state index contributed by atoms with van der Waals surface area (Å²) in [4.78, 5) is 37.5. The standard InChI is InChI=1S/C21H18N2O4/c1-11-8-9-16(18-15(24)10-12(2)17(11)18)27-21(26)19-13-6-4-5-7-14(13)20(25)23(3)22-19/h4-9,12H,10H2,1-3H3. The summed E-state index contributed by atoms with van der Waals surface area (Å²) >= 11 is 0. The molecule has 0 saturated carbocycles. The molecule has 136 valence electrons. The molecule has 1 unspecified atom stereocenters. The van der Waals surface area contributed by atoms with Crippen LogP contribution in [0.2, 0.25) is 0 Å². The van der Waals surface area contributed by atoms with Gasteiger partial charge in [-0.15, -0.1) is 0 Å². The van der Waals surface area contributed by atoms with Crippen molar-refractivity contribution in [3.05, 3.63) is 69.1 Å². The second kappa shape index (κ2) is 6.16. The molecule has 3 aromatic rings. The first-order valence-corrected chi connectivity index (χ1v) is 8.73. The van der Waals surface area contributed by atoms with Gasteiger partial charge in [0.2, 0.25) is 0 Å². The van der Waals surface area contributed by atoms with Crippen LogP contribution in [0.25, 0.3) is 10.8 Å². The predicted octanol–water partition coefficient (Wildman–Crippen LogP) is 3.15. The van der Waals surface area contributed by atoms with Gasteiger partial charge in [0.15, 0.2) is 11.5 Å². The summed E-state index contributed by atoms with van der Waals surface area (Å²) < 4.78 is 6.70. The van der Waals surface area contributed by atoms with Crippen LogP contribution in [0.5, 0.6) is 5.75 Å². The maximum Gasteiger partial charge on any atom is 0.364 e. The maximum atomic E-state index is 12.9. The number of aromatic nitrogens is 2. The zero-order valence-electron chi connectivity index (χ0n) is 15.3. The number of esters is 1. The molecule has 27 heavy (non-hydrogen) atoms. The van der Waals surface area contributed by atoms with Crippen LogP contribution >= 0.6 is 0 Å². The van der Waals surface area contributed by atoms with E-state index in [4.69, 9.17) is 4.74 Å². The molecule has 0 bridgehead atoms. The van der Waals surface area contributed by atoms with Crippen LogP contribution in [-0.4, -0.2) is 21.5 Å². The van der Waals surface area contributed by atoms with Gasteiger partial charge in [0.05, 0.1) is 10.9 Å². The number of benzene rings is 2. The third-order valence-corrected chi connectivity index (χ3v) is 5.04. The van der Waals surface area contributed by atoms with E-state index in [0.29, 0.717) is 22.8 Å². The van der Waals surface area contributed by atoms with Crippen LogP contribution in [0.15, 0.2) is 41.2 Å². The number of carbonyl (C=O) groups is 2. The Hall–Kier alpha value is -3.28. The maximum absolute atomic E-state index is 12.9. The highest BCUT2D eigenvalue weighted by atomic mass is 16.5. The molecule has 1 aliphatic carbocycles. The molecule has 1 aromatic heterocycles. The van der Waals surface area contributed by atoms with Crippen molar-refractivity contribution < 1.29 is 14.3 Å². The van der Waals surface area contributed by atoms with Crippen LogP contribution in [0.3, 0.4) is 0 Å². The molecule has 0 aliphatic heterocycles. The summed E-state index contributed by atoms with van der Waals surface area (Å²) in [6, 6.07) is 10.3. The highest BCUT2D eigenvalue weighted by molar-refractivity contribution is 6.07. The monoisotopic (exact) mass is 362 g/mol. The van der Waals surface area contributed by atoms with Crippen molar-refractivity contribution in [1.29, 1.82) is 0 Å². The lowest BCUT2D eigenvalue weighted by Crippen LogP contribution is -2.24. The highest BCUT2D eigenvalue weighted by Gasteiger charge is 2.32. The van der Waals surface area contributed by atoms with E-state index >= 15 is 0 Å². The van der Waals surface area contributed by atoms with Crippen molar-refractivity contribution >= 4 is 22.5 Å². The molecule has 1 atom stereocenters. The zero-order chi connectivity index (χ0) is 19.3. The van der Waals surface area contributed by atoms with Crippen molar-refractivity contribution in [3.8, 4) is 5.75 Å². The lowest BCUT2D eigenvalue weighted by Gasteiger charge is -2.13. The minimum Gasteiger partial charge on any atom is -0.421 e. The number of ketones is 1. The van der Waals surface area contributed by atoms with Gasteiger partial charge in [-0.1, -0.05) is 31.2 Å². The average Bonchev–Trinajstić information content (AvgIpc) is 2.96. The molecule has 0 fully saturated rings. The molecule has 4 rings (SSSR count). The van der Waals surface area contributed by atoms with E-state index in [1.165, 1.54) is 7.05 Å². The van der Waals surface area contributed by atoms with Gasteiger partial charge in [0.25, 0.3) is 5.56 Å². The Morgan fingerprint density at radius 2 is 1.85 bits per heavy atom. The van der Waals surface area contributed by atoms with E-state index in [9.17, 15) is 14.4 Å². The van der Waals surface area contributed by atoms with Crippen LogP contribution in [0.4, 0.5) is 0 Å². The summed E-state index contributed by atoms with van der Waals surface area (Å²) in [7, 11) is 1.49. The molecule has 1 heterocycles. The van der Waals surface area contributed by atoms with Gasteiger partial charge < -0.3 is 4.74 Å². The van der Waals surface area contributed by atoms with Gasteiger partial charge in [-0.2, -0.15) is 5.10 Å². The minimum absolute atomic E-state index is 0.0257. The smallest absolute Gasteiger partial charge is 0.364 e. The summed E-state index contributed by atoms with van der Waals surface area (Å²) in [6.45, 7) is 3.94. The number of nitrogens with zero attached hydrogens (tertiary/aromatic N) is 2. The largest absolute Gasteiger partial charge is 0.421 e. The molecule has 0 radical (unpaired) electrons. The quantitative estimate of drug-likeness (QED) is 0.517. The van der Waals surface area contributed by atoms with E-state index in [-0.39, 0.29) is 28.7 Å². The summed E-state index contributed by atoms with van der Waals surface area (Å²) in [5.41, 5.74) is 2.17. The number of aryl methyl sites for hydroxylation is 2. The normalized spacial score (nSPS) is 15.8. The van der Waals surface area contributed by atoms with Gasteiger partial charge in [-0.25, -0.2) is 9.48 Å². The topological polar surface area (TPSA) is 78.3 Å². The Morgan fingerprint density at radius 1 is 1.15 bits per heavy atom. The number of Topliss-reactive ketones (excluding diaryl/α,β-unsaturated/α-hetero) is 1. The molecular weight excluding hydrogens is 344 g/mol. The van der Waals surface area contributed by atoms with Crippen LogP contribution in [0.1, 0.15) is 51.2 Å². The van der Waals surface area contributed by atoms with E-state index in [0.717, 1.165) is 15.8 Å². The predicted molar refractivity (Wildman–Crippen MR) is 100 cm³/mol. The summed E-state index contributed by atoms with van der Waals surface area (Å²) in [5, 5.41) is 4.90. The van der Waals surface area contributed by atoms with E-state index < -0.39 is 5.97 Å². The SMILES string of the molecule is Cc1ccc(OC(=O)c2nn(C)c(=O)c3ccccc23)c2c1C(C)CC2=O. The fourth-order valence-corrected chi connectivity index (χ4v) is 3.79. The highest BCUT2D eigenvalue weighted by Crippen LogP contribution is 2.40. The van der Waals surface area contributed by atoms with Gasteiger partial charge in [-0.3, -0.25) is 9.59 Å². The second-order valence-electron chi connectivity index (χ2n) is 6.91. The number of hydrogen-bond acceptors (Lipinski definition) is 5. The third-order valence-electron chi connectivity index (χ3n) is 5.04. The van der Waals surface area contributed by atoms with E-state index in [1.807, 2.05) is 19.9 Å². The molecule has 0 saturated heterocycles. The molecular formula is C21H18N2O4. The first-order chi connectivity index (χ1) is 12.9. The first kappa shape index (κ1) is 17.1. The molecule has 6 nitrogen and oxygen atoms in total.